The molecule has 0 radical (unpaired) electrons. The quantitative estimate of drug-likeness (QED) is 0.629. The Morgan fingerprint density at radius 1 is 1.25 bits per heavy atom. The summed E-state index contributed by atoms with van der Waals surface area (Å²) in [6, 6.07) is 4.83. The number of hydrogen-bond donors (Lipinski definition) is 0. The zero-order valence-corrected chi connectivity index (χ0v) is 6.84. The monoisotopic (exact) mass is 181 g/mol. The van der Waals surface area contributed by atoms with Crippen molar-refractivity contribution >= 4 is 21.9 Å². The molecule has 0 spiro atoms. The van der Waals surface area contributed by atoms with E-state index < -0.39 is 11.1 Å². The minimum Gasteiger partial charge on any atom is -0.768 e. The molecular weight excluding hydrogens is 176 g/mol. The molecule has 62 valence electrons. The van der Waals surface area contributed by atoms with Crippen LogP contribution in [0.15, 0.2) is 40.0 Å². The van der Waals surface area contributed by atoms with Crippen LogP contribution in [0.3, 0.4) is 0 Å². The maximum Gasteiger partial charge on any atom is 0.0981 e. The van der Waals surface area contributed by atoms with Gasteiger partial charge in [0.1, 0.15) is 0 Å². The Labute approximate surface area is 71.3 Å². The van der Waals surface area contributed by atoms with Crippen molar-refractivity contribution in [3.63, 3.8) is 0 Å². The molecule has 3 nitrogen and oxygen atoms in total. The van der Waals surface area contributed by atoms with Gasteiger partial charge in [-0.25, -0.2) is 0 Å². The Kier molecular flexibility index (Phi) is 1.71. The average molecular weight is 181 g/mol. The summed E-state index contributed by atoms with van der Waals surface area (Å²) in [7, 11) is 0. The highest BCUT2D eigenvalue weighted by atomic mass is 32.2. The minimum absolute atomic E-state index is 0.281. The van der Waals surface area contributed by atoms with Gasteiger partial charge in [-0.05, 0) is 29.3 Å². The zero-order valence-electron chi connectivity index (χ0n) is 6.02. The Bertz CT molecular complexity index is 433. The largest absolute Gasteiger partial charge is 0.768 e. The van der Waals surface area contributed by atoms with Crippen LogP contribution in [0.5, 0.6) is 0 Å². The molecule has 12 heavy (non-hydrogen) atoms. The van der Waals surface area contributed by atoms with Gasteiger partial charge in [0, 0.05) is 15.7 Å². The first-order valence-electron chi connectivity index (χ1n) is 3.32. The van der Waals surface area contributed by atoms with Crippen LogP contribution in [-0.2, 0) is 11.1 Å². The zero-order chi connectivity index (χ0) is 8.55. The molecule has 0 aliphatic heterocycles. The molecule has 1 atom stereocenters. The molecule has 0 aliphatic rings. The van der Waals surface area contributed by atoms with Crippen LogP contribution >= 0.6 is 0 Å². The second-order valence-electron chi connectivity index (χ2n) is 2.40. The van der Waals surface area contributed by atoms with Crippen LogP contribution in [0, 0.1) is 0 Å². The Hall–Kier alpha value is -1.13. The summed E-state index contributed by atoms with van der Waals surface area (Å²) in [5, 5.41) is 1.71. The summed E-state index contributed by atoms with van der Waals surface area (Å²) in [5.74, 6) is 0. The summed E-state index contributed by atoms with van der Waals surface area (Å²) in [6.07, 6.45) is 3.10. The molecule has 2 rings (SSSR count). The maximum absolute atomic E-state index is 10.5. The van der Waals surface area contributed by atoms with Crippen LogP contribution in [0.1, 0.15) is 0 Å². The summed E-state index contributed by atoms with van der Waals surface area (Å²) in [6.45, 7) is 0. The van der Waals surface area contributed by atoms with Gasteiger partial charge >= 0.3 is 0 Å². The Morgan fingerprint density at radius 2 is 2.00 bits per heavy atom. The molecule has 0 N–H and O–H groups in total. The highest BCUT2D eigenvalue weighted by Crippen LogP contribution is 2.18. The second kappa shape index (κ2) is 2.73. The molecule has 0 aliphatic carbocycles. The molecule has 0 bridgehead atoms. The van der Waals surface area contributed by atoms with Crippen molar-refractivity contribution < 1.29 is 13.2 Å². The lowest BCUT2D eigenvalue weighted by Crippen LogP contribution is -1.86. The van der Waals surface area contributed by atoms with Crippen molar-refractivity contribution in [3.8, 4) is 0 Å². The number of benzene rings is 1. The predicted molar refractivity (Wildman–Crippen MR) is 43.4 cm³/mol. The molecule has 1 aromatic heterocycles. The average Bonchev–Trinajstić information content (AvgIpc) is 2.49. The minimum atomic E-state index is -2.16. The standard InChI is InChI=1S/C8H6O3S/c9-12(10)8-2-1-6-4-11-5-7(6)3-8/h1-5H,(H,9,10)/p-1. The normalized spacial score (nSPS) is 13.4. The molecule has 1 unspecified atom stereocenters. The number of furan rings is 1. The SMILES string of the molecule is O=S([O-])c1ccc2cocc2c1. The van der Waals surface area contributed by atoms with Gasteiger partial charge in [-0.1, -0.05) is 0 Å². The molecule has 0 saturated heterocycles. The van der Waals surface area contributed by atoms with Crippen LogP contribution in [0.4, 0.5) is 0 Å². The highest BCUT2D eigenvalue weighted by molar-refractivity contribution is 7.79. The lowest BCUT2D eigenvalue weighted by Gasteiger charge is -2.03. The van der Waals surface area contributed by atoms with Crippen molar-refractivity contribution in [1.29, 1.82) is 0 Å². The van der Waals surface area contributed by atoms with E-state index >= 15 is 0 Å². The van der Waals surface area contributed by atoms with Crippen molar-refractivity contribution in [2.24, 2.45) is 0 Å². The van der Waals surface area contributed by atoms with Gasteiger partial charge in [0.25, 0.3) is 0 Å². The third kappa shape index (κ3) is 1.15. The molecule has 1 aromatic carbocycles. The van der Waals surface area contributed by atoms with Crippen LogP contribution in [0.2, 0.25) is 0 Å². The fourth-order valence-electron chi connectivity index (χ4n) is 1.05. The fourth-order valence-corrected chi connectivity index (χ4v) is 1.45. The number of fused-ring (bicyclic) bond motifs is 1. The van der Waals surface area contributed by atoms with Gasteiger partial charge in [0.05, 0.1) is 12.5 Å². The van der Waals surface area contributed by atoms with Gasteiger partial charge in [0.2, 0.25) is 0 Å². The number of hydrogen-bond acceptors (Lipinski definition) is 3. The van der Waals surface area contributed by atoms with E-state index in [-0.39, 0.29) is 4.90 Å². The van der Waals surface area contributed by atoms with E-state index in [9.17, 15) is 8.76 Å². The molecule has 0 fully saturated rings. The summed E-state index contributed by atoms with van der Waals surface area (Å²) < 4.78 is 26.0. The molecule has 0 saturated carbocycles. The van der Waals surface area contributed by atoms with Crippen molar-refractivity contribution in [1.82, 2.24) is 0 Å². The topological polar surface area (TPSA) is 53.3 Å². The number of rotatable bonds is 1. The molecule has 1 heterocycles. The van der Waals surface area contributed by atoms with Crippen LogP contribution < -0.4 is 0 Å². The van der Waals surface area contributed by atoms with Crippen molar-refractivity contribution in [3.05, 3.63) is 30.7 Å². The predicted octanol–water partition coefficient (Wildman–Crippen LogP) is 1.67. The summed E-state index contributed by atoms with van der Waals surface area (Å²) in [4.78, 5) is 0.281. The van der Waals surface area contributed by atoms with E-state index in [0.29, 0.717) is 0 Å². The lowest BCUT2D eigenvalue weighted by molar-refractivity contribution is 0.537. The van der Waals surface area contributed by atoms with E-state index in [2.05, 4.69) is 0 Å². The van der Waals surface area contributed by atoms with E-state index in [1.807, 2.05) is 0 Å². The van der Waals surface area contributed by atoms with E-state index in [0.717, 1.165) is 10.8 Å². The van der Waals surface area contributed by atoms with Crippen molar-refractivity contribution in [2.75, 3.05) is 0 Å². The van der Waals surface area contributed by atoms with Crippen LogP contribution in [-0.4, -0.2) is 8.76 Å². The maximum atomic E-state index is 10.5. The smallest absolute Gasteiger partial charge is 0.0981 e. The van der Waals surface area contributed by atoms with E-state index in [1.54, 1.807) is 24.5 Å². The van der Waals surface area contributed by atoms with E-state index in [4.69, 9.17) is 4.42 Å². The summed E-state index contributed by atoms with van der Waals surface area (Å²) in [5.41, 5.74) is 0. The van der Waals surface area contributed by atoms with Gasteiger partial charge in [-0.15, -0.1) is 0 Å². The van der Waals surface area contributed by atoms with E-state index in [1.165, 1.54) is 6.26 Å². The van der Waals surface area contributed by atoms with Crippen molar-refractivity contribution in [2.45, 2.75) is 4.90 Å². The second-order valence-corrected chi connectivity index (χ2v) is 3.34. The Morgan fingerprint density at radius 3 is 2.75 bits per heavy atom. The third-order valence-electron chi connectivity index (χ3n) is 1.64. The molecule has 4 heteroatoms. The first-order valence-corrected chi connectivity index (χ1v) is 4.40. The van der Waals surface area contributed by atoms with Gasteiger partial charge in [-0.2, -0.15) is 0 Å². The molecule has 2 aromatic rings. The first kappa shape index (κ1) is 7.52. The summed E-state index contributed by atoms with van der Waals surface area (Å²) >= 11 is -2.16. The highest BCUT2D eigenvalue weighted by Gasteiger charge is 1.97. The fraction of sp³-hybridized carbons (Fsp3) is 0. The van der Waals surface area contributed by atoms with Gasteiger partial charge < -0.3 is 8.97 Å². The lowest BCUT2D eigenvalue weighted by atomic mass is 10.2. The van der Waals surface area contributed by atoms with Crippen LogP contribution in [0.25, 0.3) is 10.8 Å². The van der Waals surface area contributed by atoms with Gasteiger partial charge in [0.15, 0.2) is 0 Å². The first-order chi connectivity index (χ1) is 5.77. The molecular formula is C8H5O3S-. The molecule has 0 amide bonds. The Balaban J connectivity index is 2.68. The van der Waals surface area contributed by atoms with Gasteiger partial charge in [-0.3, -0.25) is 4.21 Å². The third-order valence-corrected chi connectivity index (χ3v) is 2.28.